The average molecular weight is 516 g/mol. The Hall–Kier alpha value is -1.95. The number of benzene rings is 2. The maximum absolute atomic E-state index is 13.3. The highest BCUT2D eigenvalue weighted by Crippen LogP contribution is 2.32. The maximum atomic E-state index is 13.3. The van der Waals surface area contributed by atoms with Gasteiger partial charge >= 0.3 is 0 Å². The van der Waals surface area contributed by atoms with Gasteiger partial charge in [0.1, 0.15) is 5.75 Å². The second-order valence-electron chi connectivity index (χ2n) is 10.2. The average Bonchev–Trinajstić information content (AvgIpc) is 3.50. The van der Waals surface area contributed by atoms with Crippen LogP contribution in [0, 0.1) is 5.92 Å². The minimum absolute atomic E-state index is 0.0293. The molecular formula is C28H34Cl2N3O2-. The van der Waals surface area contributed by atoms with E-state index in [1.807, 2.05) is 36.4 Å². The molecule has 0 aromatic heterocycles. The molecule has 0 amide bonds. The molecule has 1 aliphatic carbocycles. The van der Waals surface area contributed by atoms with E-state index in [1.54, 1.807) is 0 Å². The third-order valence-electron chi connectivity index (χ3n) is 7.52. The summed E-state index contributed by atoms with van der Waals surface area (Å²) in [7, 11) is 0. The lowest BCUT2D eigenvalue weighted by Gasteiger charge is -2.27. The molecule has 3 aliphatic rings. The Labute approximate surface area is 218 Å². The fourth-order valence-electron chi connectivity index (χ4n) is 5.26. The SMILES string of the molecule is [O-]C(=NC(Cc1ccc(OC2CCC2)c(Cl)c1)CN1CCCC1)[C@@H]1CCN(c2ccc(Cl)cc2)C1. The predicted octanol–water partition coefficient (Wildman–Crippen LogP) is 5.22. The third-order valence-corrected chi connectivity index (χ3v) is 8.07. The van der Waals surface area contributed by atoms with Crippen LogP contribution in [0.3, 0.4) is 0 Å². The Kier molecular flexibility index (Phi) is 8.06. The summed E-state index contributed by atoms with van der Waals surface area (Å²) in [5.74, 6) is 0.729. The number of likely N-dealkylation sites (tertiary alicyclic amines) is 1. The second-order valence-corrected chi connectivity index (χ2v) is 11.0. The van der Waals surface area contributed by atoms with E-state index in [9.17, 15) is 5.11 Å². The van der Waals surface area contributed by atoms with Gasteiger partial charge in [0.15, 0.2) is 0 Å². The van der Waals surface area contributed by atoms with Crippen LogP contribution in [0.1, 0.15) is 44.1 Å². The summed E-state index contributed by atoms with van der Waals surface area (Å²) in [6, 6.07) is 13.8. The molecule has 0 spiro atoms. The first-order valence-corrected chi connectivity index (χ1v) is 13.7. The number of hydrogen-bond acceptors (Lipinski definition) is 5. The van der Waals surface area contributed by atoms with Crippen LogP contribution in [0.2, 0.25) is 10.0 Å². The number of rotatable bonds is 9. The van der Waals surface area contributed by atoms with Crippen molar-refractivity contribution in [1.82, 2.24) is 4.90 Å². The van der Waals surface area contributed by atoms with Crippen LogP contribution in [0.5, 0.6) is 5.75 Å². The van der Waals surface area contributed by atoms with Crippen molar-refractivity contribution in [2.75, 3.05) is 37.6 Å². The molecule has 0 bridgehead atoms. The molecule has 2 aliphatic heterocycles. The third kappa shape index (κ3) is 6.44. The zero-order valence-corrected chi connectivity index (χ0v) is 21.7. The molecule has 2 atom stereocenters. The highest BCUT2D eigenvalue weighted by molar-refractivity contribution is 6.32. The van der Waals surface area contributed by atoms with Crippen molar-refractivity contribution in [2.24, 2.45) is 10.9 Å². The lowest BCUT2D eigenvalue weighted by Crippen LogP contribution is -2.36. The first-order valence-electron chi connectivity index (χ1n) is 13.0. The second kappa shape index (κ2) is 11.4. The van der Waals surface area contributed by atoms with Gasteiger partial charge in [-0.2, -0.15) is 0 Å². The van der Waals surface area contributed by atoms with Gasteiger partial charge in [-0.25, -0.2) is 0 Å². The van der Waals surface area contributed by atoms with Gasteiger partial charge in [0.25, 0.3) is 0 Å². The number of nitrogens with zero attached hydrogens (tertiary/aromatic N) is 3. The van der Waals surface area contributed by atoms with Crippen LogP contribution in [0.15, 0.2) is 47.5 Å². The predicted molar refractivity (Wildman–Crippen MR) is 142 cm³/mol. The van der Waals surface area contributed by atoms with Crippen molar-refractivity contribution in [3.8, 4) is 5.75 Å². The molecule has 2 aromatic rings. The van der Waals surface area contributed by atoms with E-state index in [-0.39, 0.29) is 17.9 Å². The minimum atomic E-state index is -0.0698. The first kappa shape index (κ1) is 24.7. The van der Waals surface area contributed by atoms with Crippen molar-refractivity contribution in [2.45, 2.75) is 57.1 Å². The lowest BCUT2D eigenvalue weighted by atomic mass is 9.96. The standard InChI is InChI=1S/C28H35Cl2N3O2/c29-22-7-9-24(10-8-22)33-15-12-21(18-33)28(34)31-23(19-32-13-1-2-14-32)16-20-6-11-27(26(30)17-20)35-25-4-3-5-25/h6-11,17,21,23,25H,1-5,12-16,18-19H2,(H,31,34)/p-1/t21-,23?/m1/s1. The van der Waals surface area contributed by atoms with E-state index in [0.29, 0.717) is 24.1 Å². The van der Waals surface area contributed by atoms with Gasteiger partial charge in [-0.3, -0.25) is 0 Å². The maximum Gasteiger partial charge on any atom is 0.138 e. The Morgan fingerprint density at radius 1 is 1.00 bits per heavy atom. The Morgan fingerprint density at radius 2 is 1.77 bits per heavy atom. The summed E-state index contributed by atoms with van der Waals surface area (Å²) >= 11 is 12.6. The number of anilines is 1. The van der Waals surface area contributed by atoms with Gasteiger partial charge in [0, 0.05) is 36.3 Å². The fraction of sp³-hybridized carbons (Fsp3) is 0.536. The summed E-state index contributed by atoms with van der Waals surface area (Å²) in [5.41, 5.74) is 2.21. The molecule has 1 unspecified atom stereocenters. The number of hydrogen-bond donors (Lipinski definition) is 0. The molecule has 3 fully saturated rings. The summed E-state index contributed by atoms with van der Waals surface area (Å²) in [6.45, 7) is 4.56. The Morgan fingerprint density at radius 3 is 2.46 bits per heavy atom. The van der Waals surface area contributed by atoms with Crippen LogP contribution in [-0.2, 0) is 6.42 Å². The van der Waals surface area contributed by atoms with Crippen molar-refractivity contribution >= 4 is 34.8 Å². The molecule has 35 heavy (non-hydrogen) atoms. The molecule has 1 saturated carbocycles. The first-order chi connectivity index (χ1) is 17.0. The Bertz CT molecular complexity index is 1020. The van der Waals surface area contributed by atoms with E-state index >= 15 is 0 Å². The molecule has 0 N–H and O–H groups in total. The molecule has 0 radical (unpaired) electrons. The Balaban J connectivity index is 1.26. The quantitative estimate of drug-likeness (QED) is 0.340. The largest absolute Gasteiger partial charge is 0.862 e. The normalized spacial score (nSPS) is 22.4. The lowest BCUT2D eigenvalue weighted by molar-refractivity contribution is -0.223. The van der Waals surface area contributed by atoms with Gasteiger partial charge < -0.3 is 24.6 Å². The van der Waals surface area contributed by atoms with Gasteiger partial charge in [-0.1, -0.05) is 29.3 Å². The van der Waals surface area contributed by atoms with E-state index < -0.39 is 0 Å². The van der Waals surface area contributed by atoms with Crippen molar-refractivity contribution < 1.29 is 9.84 Å². The molecule has 2 saturated heterocycles. The van der Waals surface area contributed by atoms with Crippen LogP contribution in [0.4, 0.5) is 5.69 Å². The van der Waals surface area contributed by atoms with E-state index in [4.69, 9.17) is 32.9 Å². The molecular weight excluding hydrogens is 481 g/mol. The van der Waals surface area contributed by atoms with E-state index in [2.05, 4.69) is 15.9 Å². The van der Waals surface area contributed by atoms with Gasteiger partial charge in [-0.05, 0) is 106 Å². The van der Waals surface area contributed by atoms with Crippen molar-refractivity contribution in [3.63, 3.8) is 0 Å². The smallest absolute Gasteiger partial charge is 0.138 e. The molecule has 7 heteroatoms. The molecule has 5 nitrogen and oxygen atoms in total. The molecule has 2 heterocycles. The number of halogens is 2. The monoisotopic (exact) mass is 514 g/mol. The van der Waals surface area contributed by atoms with Crippen molar-refractivity contribution in [3.05, 3.63) is 58.1 Å². The summed E-state index contributed by atoms with van der Waals surface area (Å²) < 4.78 is 6.00. The summed E-state index contributed by atoms with van der Waals surface area (Å²) in [4.78, 5) is 9.47. The molecule has 5 rings (SSSR count). The zero-order valence-electron chi connectivity index (χ0n) is 20.2. The van der Waals surface area contributed by atoms with Gasteiger partial charge in [0.2, 0.25) is 0 Å². The summed E-state index contributed by atoms with van der Waals surface area (Å²) in [5, 5.41) is 14.6. The van der Waals surface area contributed by atoms with Crippen LogP contribution in [0.25, 0.3) is 0 Å². The highest BCUT2D eigenvalue weighted by atomic mass is 35.5. The molecule has 2 aromatic carbocycles. The van der Waals surface area contributed by atoms with E-state index in [1.165, 1.54) is 19.3 Å². The fourth-order valence-corrected chi connectivity index (χ4v) is 5.63. The zero-order chi connectivity index (χ0) is 24.2. The minimum Gasteiger partial charge on any atom is -0.862 e. The van der Waals surface area contributed by atoms with E-state index in [0.717, 1.165) is 67.5 Å². The summed E-state index contributed by atoms with van der Waals surface area (Å²) in [6.07, 6.45) is 7.72. The molecule has 188 valence electrons. The van der Waals surface area contributed by atoms with Crippen LogP contribution >= 0.6 is 23.2 Å². The van der Waals surface area contributed by atoms with Gasteiger partial charge in [-0.15, -0.1) is 0 Å². The highest BCUT2D eigenvalue weighted by Gasteiger charge is 2.25. The van der Waals surface area contributed by atoms with Gasteiger partial charge in [0.05, 0.1) is 17.2 Å². The number of ether oxygens (including phenoxy) is 1. The van der Waals surface area contributed by atoms with Crippen LogP contribution < -0.4 is 14.7 Å². The number of aliphatic imine (C=N–C) groups is 1. The topological polar surface area (TPSA) is 51.1 Å². The van der Waals surface area contributed by atoms with Crippen molar-refractivity contribution in [1.29, 1.82) is 0 Å². The van der Waals surface area contributed by atoms with Crippen LogP contribution in [-0.4, -0.2) is 55.7 Å².